The van der Waals surface area contributed by atoms with E-state index >= 15 is 0 Å². The fourth-order valence-electron chi connectivity index (χ4n) is 10.8. The van der Waals surface area contributed by atoms with E-state index < -0.39 is 0 Å². The number of aldehydes is 1. The fourth-order valence-corrected chi connectivity index (χ4v) is 10.8. The summed E-state index contributed by atoms with van der Waals surface area (Å²) in [6.45, 7) is 2.37. The second-order valence-corrected chi connectivity index (χ2v) is 20.4. The Labute approximate surface area is 487 Å². The number of nitrogens with zero attached hydrogens (tertiary/aromatic N) is 4. The number of aliphatic hydroxyl groups is 1. The molecule has 12 rings (SSSR count). The van der Waals surface area contributed by atoms with Crippen molar-refractivity contribution in [3.8, 4) is 23.0 Å². The van der Waals surface area contributed by atoms with E-state index in [-0.39, 0.29) is 11.7 Å². The van der Waals surface area contributed by atoms with Gasteiger partial charge in [0, 0.05) is 99.4 Å². The summed E-state index contributed by atoms with van der Waals surface area (Å²) in [5, 5.41) is 7.00. The standard InChI is InChI=1S/C18H21NO.C17H17NO2.C17H15NO2.C11H12O2.C6H5NO.CH4O/c1-13-5-6-15-11-16(20-2)7-8-17(15)18(13)10-14-4-3-9-19-12-14;2*1-20-14-5-6-15-13(10-14)4-7-17(19)16(15)9-12-3-2-8-18-11-12;1-13-11-5-3-8-6-10(12)4-2-9(8)7-11;8-5-6-2-1-3-7-4-6;1-2/h3-4,7-9,11-13,18H,5-6,10H2,1-2H3;2-3,5-6,8,10-11,16H,4,7,9H2,1H3;2-3,5-6,8-11H,4,7H2,1H3;3,5,7H,2,4,6H2,1H3;1-5H;2H,1H3. The van der Waals surface area contributed by atoms with Crippen LogP contribution in [-0.4, -0.2) is 84.2 Å². The van der Waals surface area contributed by atoms with Crippen LogP contribution < -0.4 is 18.9 Å². The molecule has 4 aliphatic carbocycles. The van der Waals surface area contributed by atoms with Crippen LogP contribution in [-0.2, 0) is 59.3 Å². The van der Waals surface area contributed by atoms with Gasteiger partial charge in [-0.3, -0.25) is 39.1 Å². The van der Waals surface area contributed by atoms with Crippen molar-refractivity contribution in [2.24, 2.45) is 5.92 Å². The third-order valence-electron chi connectivity index (χ3n) is 15.2. The van der Waals surface area contributed by atoms with Gasteiger partial charge in [0.2, 0.25) is 0 Å². The molecule has 8 aromatic rings. The maximum Gasteiger partial charge on any atom is 0.163 e. The SMILES string of the molecule is CO.COc1ccc2c(c1)CCC(=O)C2.COc1ccc2c(c1)CCC(=O)C2=Cc1cccnc1.COc1ccc2c(c1)CCC(=O)C2Cc1cccnc1.COc1ccc2c(c1)CCC(C)C2Cc1cccnc1.O=Cc1cccnc1. The first kappa shape index (κ1) is 61.7. The molecule has 4 aromatic heterocycles. The summed E-state index contributed by atoms with van der Waals surface area (Å²) in [6.07, 6.45) is 25.9. The lowest BCUT2D eigenvalue weighted by Crippen LogP contribution is -2.22. The topological polar surface area (TPSA) is 177 Å². The zero-order valence-corrected chi connectivity index (χ0v) is 48.3. The molecule has 0 saturated heterocycles. The monoisotopic (exact) mass is 1110 g/mol. The number of ketones is 3. The van der Waals surface area contributed by atoms with Crippen LogP contribution in [0.1, 0.15) is 116 Å². The van der Waals surface area contributed by atoms with Crippen LogP contribution in [0.15, 0.2) is 171 Å². The van der Waals surface area contributed by atoms with Crippen LogP contribution in [0.2, 0.25) is 0 Å². The van der Waals surface area contributed by atoms with Crippen molar-refractivity contribution in [1.82, 2.24) is 19.9 Å². The number of methoxy groups -OCH3 is 4. The van der Waals surface area contributed by atoms with Crippen LogP contribution in [0.3, 0.4) is 0 Å². The Morgan fingerprint density at radius 1 is 0.506 bits per heavy atom. The highest BCUT2D eigenvalue weighted by Crippen LogP contribution is 2.40. The molecule has 4 aromatic carbocycles. The number of carbonyl (C=O) groups is 4. The molecule has 13 heteroatoms. The van der Waals surface area contributed by atoms with Gasteiger partial charge in [-0.05, 0) is 203 Å². The Hall–Kier alpha value is -8.94. The molecule has 0 aliphatic heterocycles. The Morgan fingerprint density at radius 3 is 1.58 bits per heavy atom. The van der Waals surface area contributed by atoms with E-state index in [1.54, 1.807) is 65.4 Å². The number of allylic oxidation sites excluding steroid dienone is 1. The fraction of sp³-hybridized carbons (Fsp3) is 0.286. The molecule has 428 valence electrons. The Kier molecular flexibility index (Phi) is 23.7. The lowest BCUT2D eigenvalue weighted by atomic mass is 9.73. The number of Topliss-reactive ketones (excluding diaryl/α,β-unsaturated/α-hetero) is 3. The molecule has 1 N–H and O–H groups in total. The van der Waals surface area contributed by atoms with Gasteiger partial charge in [0.15, 0.2) is 12.1 Å². The zero-order valence-electron chi connectivity index (χ0n) is 48.3. The van der Waals surface area contributed by atoms with Crippen molar-refractivity contribution in [2.75, 3.05) is 35.5 Å². The van der Waals surface area contributed by atoms with E-state index in [0.29, 0.717) is 48.7 Å². The number of benzene rings is 4. The summed E-state index contributed by atoms with van der Waals surface area (Å²) in [7, 11) is 7.72. The van der Waals surface area contributed by atoms with Crippen LogP contribution in [0.25, 0.3) is 11.6 Å². The van der Waals surface area contributed by atoms with Gasteiger partial charge in [-0.1, -0.05) is 49.4 Å². The van der Waals surface area contributed by atoms with E-state index in [0.717, 1.165) is 114 Å². The average Bonchev–Trinajstić information content (AvgIpc) is 3.58. The van der Waals surface area contributed by atoms with Crippen molar-refractivity contribution in [3.63, 3.8) is 0 Å². The van der Waals surface area contributed by atoms with Crippen molar-refractivity contribution in [3.05, 3.63) is 238 Å². The number of hydrogen-bond donors (Lipinski definition) is 1. The molecular formula is C70H74N4O9. The molecule has 3 atom stereocenters. The average molecular weight is 1120 g/mol. The second kappa shape index (κ2) is 31.9. The molecule has 4 aliphatic rings. The minimum atomic E-state index is -0.0474. The maximum atomic E-state index is 12.3. The zero-order chi connectivity index (χ0) is 58.9. The number of aliphatic hydroxyl groups excluding tert-OH is 1. The largest absolute Gasteiger partial charge is 0.497 e. The summed E-state index contributed by atoms with van der Waals surface area (Å²) >= 11 is 0. The van der Waals surface area contributed by atoms with Crippen LogP contribution in [0.4, 0.5) is 0 Å². The molecule has 83 heavy (non-hydrogen) atoms. The molecule has 0 bridgehead atoms. The minimum absolute atomic E-state index is 0.0474. The van der Waals surface area contributed by atoms with Gasteiger partial charge in [0.25, 0.3) is 0 Å². The number of aromatic nitrogens is 4. The molecule has 3 unspecified atom stereocenters. The summed E-state index contributed by atoms with van der Waals surface area (Å²) in [4.78, 5) is 61.7. The summed E-state index contributed by atoms with van der Waals surface area (Å²) in [5.41, 5.74) is 14.7. The van der Waals surface area contributed by atoms with Crippen LogP contribution >= 0.6 is 0 Å². The Balaban J connectivity index is 0.000000152. The van der Waals surface area contributed by atoms with E-state index in [2.05, 4.69) is 57.2 Å². The quantitative estimate of drug-likeness (QED) is 0.101. The smallest absolute Gasteiger partial charge is 0.163 e. The van der Waals surface area contributed by atoms with Gasteiger partial charge >= 0.3 is 0 Å². The number of hydrogen-bond acceptors (Lipinski definition) is 13. The van der Waals surface area contributed by atoms with Gasteiger partial charge in [0.05, 0.1) is 28.4 Å². The molecular weight excluding hydrogens is 1040 g/mol. The number of aryl methyl sites for hydroxylation is 4. The number of rotatable bonds is 10. The highest BCUT2D eigenvalue weighted by Gasteiger charge is 2.29. The molecule has 0 fully saturated rings. The van der Waals surface area contributed by atoms with Gasteiger partial charge in [-0.25, -0.2) is 0 Å². The Morgan fingerprint density at radius 2 is 1.01 bits per heavy atom. The first-order chi connectivity index (χ1) is 40.5. The third kappa shape index (κ3) is 17.5. The van der Waals surface area contributed by atoms with E-state index in [4.69, 9.17) is 24.1 Å². The van der Waals surface area contributed by atoms with Crippen molar-refractivity contribution >= 4 is 35.3 Å². The normalized spacial score (nSPS) is 16.5. The third-order valence-corrected chi connectivity index (χ3v) is 15.2. The Bertz CT molecular complexity index is 3410. The minimum Gasteiger partial charge on any atom is -0.497 e. The molecule has 0 radical (unpaired) electrons. The van der Waals surface area contributed by atoms with E-state index in [1.165, 1.54) is 46.0 Å². The van der Waals surface area contributed by atoms with Gasteiger partial charge < -0.3 is 24.1 Å². The van der Waals surface area contributed by atoms with E-state index in [1.807, 2.05) is 104 Å². The molecule has 13 nitrogen and oxygen atoms in total. The van der Waals surface area contributed by atoms with Gasteiger partial charge in [0.1, 0.15) is 34.6 Å². The molecule has 0 saturated carbocycles. The van der Waals surface area contributed by atoms with Crippen molar-refractivity contribution in [1.29, 1.82) is 0 Å². The lowest BCUT2D eigenvalue weighted by molar-refractivity contribution is -0.121. The van der Waals surface area contributed by atoms with Gasteiger partial charge in [-0.15, -0.1) is 0 Å². The summed E-state index contributed by atoms with van der Waals surface area (Å²) in [6, 6.07) is 39.8. The number of ether oxygens (including phenoxy) is 4. The number of fused-ring (bicyclic) bond motifs is 4. The first-order valence-corrected chi connectivity index (χ1v) is 28.0. The number of pyridine rings is 4. The highest BCUT2D eigenvalue weighted by atomic mass is 16.5. The number of carbonyl (C=O) groups excluding carboxylic acids is 4. The molecule has 4 heterocycles. The predicted molar refractivity (Wildman–Crippen MR) is 324 cm³/mol. The van der Waals surface area contributed by atoms with Gasteiger partial charge in [-0.2, -0.15) is 0 Å². The second-order valence-electron chi connectivity index (χ2n) is 20.4. The molecule has 0 amide bonds. The van der Waals surface area contributed by atoms with E-state index in [9.17, 15) is 19.2 Å². The summed E-state index contributed by atoms with van der Waals surface area (Å²) < 4.78 is 21.0. The highest BCUT2D eigenvalue weighted by molar-refractivity contribution is 6.26. The maximum absolute atomic E-state index is 12.3. The predicted octanol–water partition coefficient (Wildman–Crippen LogP) is 12.3. The van der Waals surface area contributed by atoms with Crippen LogP contribution in [0.5, 0.6) is 23.0 Å². The summed E-state index contributed by atoms with van der Waals surface area (Å²) in [5.74, 6) is 5.66. The molecule has 0 spiro atoms. The lowest BCUT2D eigenvalue weighted by Gasteiger charge is -2.31. The first-order valence-electron chi connectivity index (χ1n) is 28.0. The van der Waals surface area contributed by atoms with Crippen molar-refractivity contribution < 1.29 is 43.2 Å². The van der Waals surface area contributed by atoms with Crippen LogP contribution in [0, 0.1) is 5.92 Å². The van der Waals surface area contributed by atoms with Crippen molar-refractivity contribution in [2.45, 2.75) is 89.4 Å².